The van der Waals surface area contributed by atoms with E-state index in [4.69, 9.17) is 18.9 Å². The van der Waals surface area contributed by atoms with E-state index in [1.54, 1.807) is 54.6 Å². The van der Waals surface area contributed by atoms with Crippen LogP contribution in [0, 0.1) is 11.8 Å². The summed E-state index contributed by atoms with van der Waals surface area (Å²) >= 11 is 0. The molecule has 4 N–H and O–H groups in total. The fraction of sp³-hybridized carbons (Fsp3) is 0.476. The highest BCUT2D eigenvalue weighted by molar-refractivity contribution is 7.89. The Hall–Kier alpha value is -5.35. The molecule has 58 heavy (non-hydrogen) atoms. The molecule has 16 heteroatoms. The van der Waals surface area contributed by atoms with E-state index in [0.717, 1.165) is 12.8 Å². The Labute approximate surface area is 339 Å². The quantitative estimate of drug-likeness (QED) is 0.222. The van der Waals surface area contributed by atoms with Crippen LogP contribution in [0.25, 0.3) is 0 Å². The zero-order valence-electron chi connectivity index (χ0n) is 33.3. The molecule has 3 aromatic carbocycles. The van der Waals surface area contributed by atoms with E-state index < -0.39 is 45.9 Å². The zero-order valence-corrected chi connectivity index (χ0v) is 34.1. The van der Waals surface area contributed by atoms with Crippen LogP contribution in [-0.2, 0) is 42.0 Å². The third-order valence-electron chi connectivity index (χ3n) is 10.2. The number of methoxy groups -OCH3 is 1. The van der Waals surface area contributed by atoms with Crippen molar-refractivity contribution in [2.45, 2.75) is 81.9 Å². The van der Waals surface area contributed by atoms with Gasteiger partial charge in [-0.05, 0) is 92.0 Å². The van der Waals surface area contributed by atoms with Gasteiger partial charge in [0.1, 0.15) is 54.3 Å². The maximum atomic E-state index is 14.4. The number of nitrogens with one attached hydrogen (secondary N) is 4. The fourth-order valence-electron chi connectivity index (χ4n) is 7.01. The van der Waals surface area contributed by atoms with Crippen molar-refractivity contribution in [3.63, 3.8) is 0 Å². The van der Waals surface area contributed by atoms with E-state index in [1.165, 1.54) is 31.1 Å². The number of fused-ring (bicyclic) bond motifs is 18. The number of carbonyl (C=O) groups is 4. The number of sulfonamides is 1. The minimum atomic E-state index is -4.41. The highest BCUT2D eigenvalue weighted by Crippen LogP contribution is 2.36. The van der Waals surface area contributed by atoms with Crippen molar-refractivity contribution >= 4 is 33.7 Å². The van der Waals surface area contributed by atoms with Crippen LogP contribution in [0.1, 0.15) is 51.2 Å². The van der Waals surface area contributed by atoms with Gasteiger partial charge in [0.25, 0.3) is 0 Å². The maximum absolute atomic E-state index is 14.4. The first kappa shape index (κ1) is 42.3. The first-order chi connectivity index (χ1) is 27.8. The van der Waals surface area contributed by atoms with E-state index in [0.29, 0.717) is 35.6 Å². The Kier molecular flexibility index (Phi) is 13.8. The highest BCUT2D eigenvalue weighted by atomic mass is 32.2. The highest BCUT2D eigenvalue weighted by Gasteiger charge is 2.35. The van der Waals surface area contributed by atoms with Crippen molar-refractivity contribution in [1.29, 1.82) is 0 Å². The molecule has 4 aliphatic rings. The smallest absolute Gasteiger partial charge is 0.245 e. The van der Waals surface area contributed by atoms with E-state index in [-0.39, 0.29) is 79.4 Å². The predicted octanol–water partition coefficient (Wildman–Crippen LogP) is 2.75. The Morgan fingerprint density at radius 3 is 2.29 bits per heavy atom. The van der Waals surface area contributed by atoms with E-state index in [2.05, 4.69) is 20.7 Å². The Bertz CT molecular complexity index is 2040. The molecule has 1 fully saturated rings. The van der Waals surface area contributed by atoms with E-state index >= 15 is 0 Å². The van der Waals surface area contributed by atoms with Gasteiger partial charge in [0, 0.05) is 13.0 Å². The molecule has 0 aromatic heterocycles. The van der Waals surface area contributed by atoms with Gasteiger partial charge in [0.2, 0.25) is 33.7 Å². The number of ether oxygens (including phenoxy) is 4. The lowest BCUT2D eigenvalue weighted by atomic mass is 10.0. The molecule has 1 saturated carbocycles. The summed E-state index contributed by atoms with van der Waals surface area (Å²) in [6, 6.07) is 14.2. The average molecular weight is 820 g/mol. The zero-order chi connectivity index (χ0) is 41.4. The second-order valence-electron chi connectivity index (χ2n) is 15.5. The summed E-state index contributed by atoms with van der Waals surface area (Å²) in [5.41, 5.74) is 1.26. The number of carbonyl (C=O) groups excluding carboxylic acids is 4. The van der Waals surface area contributed by atoms with Crippen LogP contribution in [0.5, 0.6) is 23.0 Å². The third kappa shape index (κ3) is 11.4. The summed E-state index contributed by atoms with van der Waals surface area (Å²) in [6.07, 6.45) is 2.38. The molecule has 4 atom stereocenters. The van der Waals surface area contributed by atoms with Crippen LogP contribution in [0.15, 0.2) is 71.6 Å². The standard InChI is InChI=1S/C42H53N5O10S/c1-26(2)20-31-25-57-33-16-12-29(13-17-33)22-35(46-58(52,53)37-7-5-6-36-39(37)56-19-18-55-36)41(50)45-34(21-28-10-14-32(54-4)15-11-28)40(49)43-27(3)42(51)47(23-30-8-9-30)24-38(48)44-31/h5-7,10-17,26-27,30-31,34-35,46H,8-9,18-25H2,1-4H3,(H,43,49)(H,44,48)(H,45,50)/t27-,31+,34+,35+/m1/s1. The van der Waals surface area contributed by atoms with Gasteiger partial charge < -0.3 is 39.8 Å². The van der Waals surface area contributed by atoms with Gasteiger partial charge in [-0.1, -0.05) is 44.2 Å². The minimum Gasteiger partial charge on any atom is -0.497 e. The molecular weight excluding hydrogens is 767 g/mol. The van der Waals surface area contributed by atoms with Crippen molar-refractivity contribution in [2.24, 2.45) is 11.8 Å². The van der Waals surface area contributed by atoms with Gasteiger partial charge in [-0.15, -0.1) is 0 Å². The van der Waals surface area contributed by atoms with E-state index in [9.17, 15) is 27.6 Å². The molecule has 3 aliphatic heterocycles. The molecule has 15 nitrogen and oxygen atoms in total. The topological polar surface area (TPSA) is 191 Å². The van der Waals surface area contributed by atoms with Crippen LogP contribution in [-0.4, -0.2) is 101 Å². The monoisotopic (exact) mass is 819 g/mol. The lowest BCUT2D eigenvalue weighted by Gasteiger charge is -2.29. The van der Waals surface area contributed by atoms with Crippen molar-refractivity contribution in [3.8, 4) is 23.0 Å². The molecule has 0 saturated heterocycles. The lowest BCUT2D eigenvalue weighted by molar-refractivity contribution is -0.140. The van der Waals surface area contributed by atoms with Crippen LogP contribution in [0.4, 0.5) is 0 Å². The van der Waals surface area contributed by atoms with E-state index in [1.807, 2.05) is 13.8 Å². The van der Waals surface area contributed by atoms with Crippen molar-refractivity contribution in [3.05, 3.63) is 77.9 Å². The lowest BCUT2D eigenvalue weighted by Crippen LogP contribution is -2.58. The van der Waals surface area contributed by atoms with Crippen molar-refractivity contribution < 1.29 is 46.5 Å². The first-order valence-electron chi connectivity index (χ1n) is 19.7. The molecule has 3 heterocycles. The van der Waals surface area contributed by atoms with Crippen LogP contribution in [0.2, 0.25) is 0 Å². The number of benzene rings is 3. The second kappa shape index (κ2) is 18.9. The summed E-state index contributed by atoms with van der Waals surface area (Å²) in [4.78, 5) is 57.2. The molecule has 312 valence electrons. The molecular formula is C42H53N5O10S. The number of nitrogens with zero attached hydrogens (tertiary/aromatic N) is 1. The van der Waals surface area contributed by atoms with Gasteiger partial charge >= 0.3 is 0 Å². The Morgan fingerprint density at radius 2 is 1.60 bits per heavy atom. The molecule has 3 aromatic rings. The summed E-state index contributed by atoms with van der Waals surface area (Å²) in [7, 11) is -2.88. The first-order valence-corrected chi connectivity index (χ1v) is 21.2. The molecule has 0 spiro atoms. The summed E-state index contributed by atoms with van der Waals surface area (Å²) in [6.45, 7) is 6.35. The predicted molar refractivity (Wildman–Crippen MR) is 214 cm³/mol. The summed E-state index contributed by atoms with van der Waals surface area (Å²) in [5.74, 6) is -0.347. The van der Waals surface area contributed by atoms with Crippen LogP contribution < -0.4 is 39.6 Å². The number of amides is 4. The third-order valence-corrected chi connectivity index (χ3v) is 11.6. The van der Waals surface area contributed by atoms with Gasteiger partial charge in [-0.2, -0.15) is 4.72 Å². The van der Waals surface area contributed by atoms with Gasteiger partial charge in [-0.25, -0.2) is 8.42 Å². The van der Waals surface area contributed by atoms with Gasteiger partial charge in [0.15, 0.2) is 11.5 Å². The maximum Gasteiger partial charge on any atom is 0.245 e. The molecule has 0 radical (unpaired) electrons. The molecule has 7 rings (SSSR count). The number of hydrogen-bond acceptors (Lipinski definition) is 10. The Morgan fingerprint density at radius 1 is 0.879 bits per heavy atom. The minimum absolute atomic E-state index is 0.00318. The normalized spacial score (nSPS) is 22.4. The number of rotatable bonds is 10. The summed E-state index contributed by atoms with van der Waals surface area (Å²) < 4.78 is 53.4. The largest absolute Gasteiger partial charge is 0.497 e. The fourth-order valence-corrected chi connectivity index (χ4v) is 8.36. The van der Waals surface area contributed by atoms with Gasteiger partial charge in [-0.3, -0.25) is 19.2 Å². The number of hydrogen-bond donors (Lipinski definition) is 4. The average Bonchev–Trinajstić information content (AvgIpc) is 4.03. The second-order valence-corrected chi connectivity index (χ2v) is 17.2. The Balaban J connectivity index is 1.35. The molecule has 2 bridgehead atoms. The van der Waals surface area contributed by atoms with Crippen molar-refractivity contribution in [1.82, 2.24) is 25.6 Å². The molecule has 4 amide bonds. The van der Waals surface area contributed by atoms with Gasteiger partial charge in [0.05, 0.1) is 19.7 Å². The van der Waals surface area contributed by atoms with Crippen LogP contribution in [0.3, 0.4) is 0 Å². The molecule has 0 unspecified atom stereocenters. The molecule has 1 aliphatic carbocycles. The SMILES string of the molecule is COc1ccc(C[C@@H]2NC(=O)[C@@H](NS(=O)(=O)c3cccc4c3OCCO4)Cc3ccc(cc3)OC[C@H](CC(C)C)NC(=O)CN(CC3CC3)C(=O)[C@@H](C)NC2=O)cc1. The number of para-hydroxylation sites is 1. The van der Waals surface area contributed by atoms with Crippen LogP contribution >= 0.6 is 0 Å². The van der Waals surface area contributed by atoms with Crippen molar-refractivity contribution in [2.75, 3.05) is 40.0 Å². The summed E-state index contributed by atoms with van der Waals surface area (Å²) in [5, 5.41) is 8.60.